The standard InChI is InChI=1S/C12H14FN3/c1-8(2)11-5-6-16(15-11)12-4-3-9(14)7-10(12)13/h3-8H,14H2,1-2H3. The van der Waals surface area contributed by atoms with Crippen LogP contribution in [0.4, 0.5) is 10.1 Å². The predicted molar refractivity (Wildman–Crippen MR) is 62.0 cm³/mol. The van der Waals surface area contributed by atoms with Crippen LogP contribution in [0.15, 0.2) is 30.5 Å². The number of hydrogen-bond donors (Lipinski definition) is 1. The van der Waals surface area contributed by atoms with Gasteiger partial charge < -0.3 is 5.73 Å². The Morgan fingerprint density at radius 1 is 1.31 bits per heavy atom. The van der Waals surface area contributed by atoms with E-state index >= 15 is 0 Å². The molecule has 1 heterocycles. The van der Waals surface area contributed by atoms with Gasteiger partial charge in [0.2, 0.25) is 0 Å². The SMILES string of the molecule is CC(C)c1ccn(-c2ccc(N)cc2F)n1. The van der Waals surface area contributed by atoms with E-state index in [-0.39, 0.29) is 5.82 Å². The van der Waals surface area contributed by atoms with Crippen molar-refractivity contribution in [3.8, 4) is 5.69 Å². The first-order valence-electron chi connectivity index (χ1n) is 5.19. The highest BCUT2D eigenvalue weighted by atomic mass is 19.1. The molecule has 0 saturated heterocycles. The maximum atomic E-state index is 13.6. The normalized spacial score (nSPS) is 11.0. The van der Waals surface area contributed by atoms with Crippen LogP contribution < -0.4 is 5.73 Å². The van der Waals surface area contributed by atoms with Gasteiger partial charge in [0.05, 0.1) is 5.69 Å². The third kappa shape index (κ3) is 1.91. The Morgan fingerprint density at radius 2 is 2.06 bits per heavy atom. The Labute approximate surface area is 93.7 Å². The van der Waals surface area contributed by atoms with E-state index in [1.807, 2.05) is 19.9 Å². The molecule has 0 amide bonds. The molecule has 0 radical (unpaired) electrons. The van der Waals surface area contributed by atoms with Crippen molar-refractivity contribution in [3.05, 3.63) is 42.0 Å². The van der Waals surface area contributed by atoms with Crippen molar-refractivity contribution in [2.45, 2.75) is 19.8 Å². The lowest BCUT2D eigenvalue weighted by atomic mass is 10.1. The molecule has 0 fully saturated rings. The van der Waals surface area contributed by atoms with Crippen molar-refractivity contribution in [2.75, 3.05) is 5.73 Å². The first-order chi connectivity index (χ1) is 7.58. The van der Waals surface area contributed by atoms with Crippen molar-refractivity contribution < 1.29 is 4.39 Å². The topological polar surface area (TPSA) is 43.8 Å². The summed E-state index contributed by atoms with van der Waals surface area (Å²) < 4.78 is 15.1. The van der Waals surface area contributed by atoms with Crippen LogP contribution in [0, 0.1) is 5.82 Å². The van der Waals surface area contributed by atoms with Crippen LogP contribution in [0.1, 0.15) is 25.5 Å². The predicted octanol–water partition coefficient (Wildman–Crippen LogP) is 2.72. The largest absolute Gasteiger partial charge is 0.399 e. The van der Waals surface area contributed by atoms with Crippen LogP contribution >= 0.6 is 0 Å². The summed E-state index contributed by atoms with van der Waals surface area (Å²) in [7, 11) is 0. The summed E-state index contributed by atoms with van der Waals surface area (Å²) in [4.78, 5) is 0. The third-order valence-corrected chi connectivity index (χ3v) is 2.42. The summed E-state index contributed by atoms with van der Waals surface area (Å²) in [6, 6.07) is 6.48. The minimum absolute atomic E-state index is 0.332. The molecule has 3 nitrogen and oxygen atoms in total. The Kier molecular flexibility index (Phi) is 2.64. The monoisotopic (exact) mass is 219 g/mol. The lowest BCUT2D eigenvalue weighted by Crippen LogP contribution is -2.00. The van der Waals surface area contributed by atoms with Crippen LogP contribution in [0.5, 0.6) is 0 Å². The van der Waals surface area contributed by atoms with Gasteiger partial charge in [-0.25, -0.2) is 9.07 Å². The molecule has 84 valence electrons. The van der Waals surface area contributed by atoms with Crippen molar-refractivity contribution in [1.82, 2.24) is 9.78 Å². The van der Waals surface area contributed by atoms with Gasteiger partial charge in [-0.05, 0) is 30.2 Å². The number of halogens is 1. The molecule has 0 aliphatic carbocycles. The first kappa shape index (κ1) is 10.7. The van der Waals surface area contributed by atoms with E-state index in [0.717, 1.165) is 5.69 Å². The number of benzene rings is 1. The summed E-state index contributed by atoms with van der Waals surface area (Å²) in [6.45, 7) is 4.10. The second-order valence-electron chi connectivity index (χ2n) is 4.05. The second kappa shape index (κ2) is 3.96. The number of nitrogens with two attached hydrogens (primary N) is 1. The molecule has 2 N–H and O–H groups in total. The Hall–Kier alpha value is -1.84. The maximum Gasteiger partial charge on any atom is 0.150 e. The van der Waals surface area contributed by atoms with Crippen LogP contribution in [-0.4, -0.2) is 9.78 Å². The molecule has 0 aliphatic rings. The quantitative estimate of drug-likeness (QED) is 0.789. The molecule has 0 spiro atoms. The van der Waals surface area contributed by atoms with Crippen LogP contribution in [-0.2, 0) is 0 Å². The molecule has 4 heteroatoms. The van der Waals surface area contributed by atoms with Gasteiger partial charge in [0.1, 0.15) is 5.69 Å². The van der Waals surface area contributed by atoms with Gasteiger partial charge in [-0.3, -0.25) is 0 Å². The molecule has 16 heavy (non-hydrogen) atoms. The minimum atomic E-state index is -0.363. The van der Waals surface area contributed by atoms with E-state index in [1.54, 1.807) is 18.3 Å². The molecule has 0 atom stereocenters. The van der Waals surface area contributed by atoms with Gasteiger partial charge >= 0.3 is 0 Å². The van der Waals surface area contributed by atoms with E-state index in [1.165, 1.54) is 10.7 Å². The lowest BCUT2D eigenvalue weighted by Gasteiger charge is -2.04. The molecule has 1 aromatic carbocycles. The molecule has 0 bridgehead atoms. The average Bonchev–Trinajstić information content (AvgIpc) is 2.66. The molecule has 0 aliphatic heterocycles. The zero-order valence-corrected chi connectivity index (χ0v) is 9.31. The fourth-order valence-electron chi connectivity index (χ4n) is 1.49. The highest BCUT2D eigenvalue weighted by Crippen LogP contribution is 2.18. The minimum Gasteiger partial charge on any atom is -0.399 e. The van der Waals surface area contributed by atoms with E-state index in [2.05, 4.69) is 5.10 Å². The third-order valence-electron chi connectivity index (χ3n) is 2.42. The van der Waals surface area contributed by atoms with Gasteiger partial charge in [-0.2, -0.15) is 5.10 Å². The van der Waals surface area contributed by atoms with Crippen molar-refractivity contribution in [3.63, 3.8) is 0 Å². The maximum absolute atomic E-state index is 13.6. The van der Waals surface area contributed by atoms with E-state index in [0.29, 0.717) is 17.3 Å². The fourth-order valence-corrected chi connectivity index (χ4v) is 1.49. The molecule has 1 aromatic heterocycles. The molecular formula is C12H14FN3. The zero-order valence-electron chi connectivity index (χ0n) is 9.31. The average molecular weight is 219 g/mol. The van der Waals surface area contributed by atoms with E-state index < -0.39 is 0 Å². The highest BCUT2D eigenvalue weighted by Gasteiger charge is 2.08. The van der Waals surface area contributed by atoms with Crippen LogP contribution in [0.3, 0.4) is 0 Å². The van der Waals surface area contributed by atoms with Crippen molar-refractivity contribution in [2.24, 2.45) is 0 Å². The number of rotatable bonds is 2. The van der Waals surface area contributed by atoms with E-state index in [9.17, 15) is 4.39 Å². The van der Waals surface area contributed by atoms with Gasteiger partial charge in [0, 0.05) is 11.9 Å². The Morgan fingerprint density at radius 3 is 2.62 bits per heavy atom. The second-order valence-corrected chi connectivity index (χ2v) is 4.05. The summed E-state index contributed by atoms with van der Waals surface area (Å²) in [5, 5.41) is 4.31. The molecule has 0 saturated carbocycles. The smallest absolute Gasteiger partial charge is 0.150 e. The molecular weight excluding hydrogens is 205 g/mol. The first-order valence-corrected chi connectivity index (χ1v) is 5.19. The van der Waals surface area contributed by atoms with Gasteiger partial charge in [-0.15, -0.1) is 0 Å². The number of anilines is 1. The van der Waals surface area contributed by atoms with Crippen molar-refractivity contribution >= 4 is 5.69 Å². The van der Waals surface area contributed by atoms with Crippen molar-refractivity contribution in [1.29, 1.82) is 0 Å². The highest BCUT2D eigenvalue weighted by molar-refractivity contribution is 5.46. The van der Waals surface area contributed by atoms with Gasteiger partial charge in [-0.1, -0.05) is 13.8 Å². The number of aromatic nitrogens is 2. The number of nitrogen functional groups attached to an aromatic ring is 1. The van der Waals surface area contributed by atoms with Crippen LogP contribution in [0.2, 0.25) is 0 Å². The molecule has 2 aromatic rings. The Bertz CT molecular complexity index is 503. The number of hydrogen-bond acceptors (Lipinski definition) is 2. The van der Waals surface area contributed by atoms with Gasteiger partial charge in [0.15, 0.2) is 5.82 Å². The fraction of sp³-hybridized carbons (Fsp3) is 0.250. The lowest BCUT2D eigenvalue weighted by molar-refractivity contribution is 0.609. The number of nitrogens with zero attached hydrogens (tertiary/aromatic N) is 2. The Balaban J connectivity index is 2.42. The van der Waals surface area contributed by atoms with Crippen LogP contribution in [0.25, 0.3) is 5.69 Å². The van der Waals surface area contributed by atoms with Gasteiger partial charge in [0.25, 0.3) is 0 Å². The molecule has 2 rings (SSSR count). The summed E-state index contributed by atoms with van der Waals surface area (Å²) >= 11 is 0. The summed E-state index contributed by atoms with van der Waals surface area (Å²) in [5.74, 6) is -0.0310. The summed E-state index contributed by atoms with van der Waals surface area (Å²) in [6.07, 6.45) is 1.75. The molecule has 0 unspecified atom stereocenters. The van der Waals surface area contributed by atoms with E-state index in [4.69, 9.17) is 5.73 Å². The zero-order chi connectivity index (χ0) is 11.7. The summed E-state index contributed by atoms with van der Waals surface area (Å²) in [5.41, 5.74) is 7.26.